The smallest absolute Gasteiger partial charge is 0.212 e. The fourth-order valence-corrected chi connectivity index (χ4v) is 3.33. The van der Waals surface area contributed by atoms with Gasteiger partial charge in [-0.3, -0.25) is 0 Å². The largest absolute Gasteiger partial charge is 0.347 e. The topological polar surface area (TPSA) is 86.9 Å². The van der Waals surface area contributed by atoms with E-state index in [1.54, 1.807) is 12.4 Å². The average Bonchev–Trinajstić information content (AvgIpc) is 2.94. The van der Waals surface area contributed by atoms with E-state index >= 15 is 0 Å². The van der Waals surface area contributed by atoms with Crippen molar-refractivity contribution < 1.29 is 8.42 Å². The van der Waals surface area contributed by atoms with Gasteiger partial charge in [-0.25, -0.2) is 18.1 Å². The summed E-state index contributed by atoms with van der Waals surface area (Å²) in [7, 11) is -3.25. The number of aromatic amines is 1. The molecule has 0 saturated heterocycles. The minimum atomic E-state index is -3.25. The molecule has 0 saturated carbocycles. The summed E-state index contributed by atoms with van der Waals surface area (Å²) in [6.45, 7) is 5.91. The van der Waals surface area contributed by atoms with Crippen molar-refractivity contribution in [2.45, 2.75) is 45.6 Å². The Morgan fingerprint density at radius 3 is 2.70 bits per heavy atom. The fraction of sp³-hybridized carbons (Fsp3) is 0.769. The Labute approximate surface area is 121 Å². The summed E-state index contributed by atoms with van der Waals surface area (Å²) in [6.07, 6.45) is 6.64. The van der Waals surface area contributed by atoms with Crippen LogP contribution >= 0.6 is 0 Å². The second-order valence-electron chi connectivity index (χ2n) is 4.83. The Balaban J connectivity index is 2.33. The molecule has 20 heavy (non-hydrogen) atoms. The highest BCUT2D eigenvalue weighted by molar-refractivity contribution is 7.89. The normalized spacial score (nSPS) is 13.5. The van der Waals surface area contributed by atoms with Gasteiger partial charge in [-0.15, -0.1) is 0 Å². The minimum absolute atomic E-state index is 0.165. The number of nitrogens with zero attached hydrogens (tertiary/aromatic N) is 1. The maximum atomic E-state index is 12.0. The molecule has 0 bridgehead atoms. The Hall–Kier alpha value is -0.920. The molecule has 116 valence electrons. The molecule has 0 fully saturated rings. The zero-order valence-corrected chi connectivity index (χ0v) is 13.2. The fourth-order valence-electron chi connectivity index (χ4n) is 1.92. The quantitative estimate of drug-likeness (QED) is 0.541. The van der Waals surface area contributed by atoms with Gasteiger partial charge in [0.1, 0.15) is 5.82 Å². The molecule has 1 aromatic rings. The second kappa shape index (κ2) is 9.10. The number of hydrogen-bond donors (Lipinski definition) is 3. The first-order valence-electron chi connectivity index (χ1n) is 7.29. The molecule has 0 aromatic carbocycles. The second-order valence-corrected chi connectivity index (χ2v) is 6.70. The van der Waals surface area contributed by atoms with E-state index in [-0.39, 0.29) is 11.8 Å². The molecule has 7 heteroatoms. The van der Waals surface area contributed by atoms with Crippen molar-refractivity contribution in [1.82, 2.24) is 20.0 Å². The van der Waals surface area contributed by atoms with E-state index < -0.39 is 10.0 Å². The summed E-state index contributed by atoms with van der Waals surface area (Å²) in [6, 6.07) is -0.270. The highest BCUT2D eigenvalue weighted by Crippen LogP contribution is 2.13. The number of H-pyrrole nitrogens is 1. The van der Waals surface area contributed by atoms with Crippen LogP contribution in [0.1, 0.15) is 51.4 Å². The molecule has 1 heterocycles. The first kappa shape index (κ1) is 17.1. The number of hydrogen-bond acceptors (Lipinski definition) is 4. The van der Waals surface area contributed by atoms with Crippen LogP contribution < -0.4 is 10.0 Å². The summed E-state index contributed by atoms with van der Waals surface area (Å²) in [4.78, 5) is 7.06. The van der Waals surface area contributed by atoms with Gasteiger partial charge in [-0.2, -0.15) is 0 Å². The number of imidazole rings is 1. The van der Waals surface area contributed by atoms with Crippen LogP contribution in [0.5, 0.6) is 0 Å². The molecular formula is C13H26N4O2S. The monoisotopic (exact) mass is 302 g/mol. The van der Waals surface area contributed by atoms with Gasteiger partial charge in [0.05, 0.1) is 11.8 Å². The van der Waals surface area contributed by atoms with Gasteiger partial charge in [-0.05, 0) is 38.8 Å². The Bertz CT molecular complexity index is 445. The van der Waals surface area contributed by atoms with E-state index in [0.29, 0.717) is 18.7 Å². The van der Waals surface area contributed by atoms with Gasteiger partial charge in [0.25, 0.3) is 0 Å². The van der Waals surface area contributed by atoms with Crippen LogP contribution in [0.15, 0.2) is 12.4 Å². The Kier molecular flexibility index (Phi) is 7.79. The van der Waals surface area contributed by atoms with E-state index in [4.69, 9.17) is 0 Å². The van der Waals surface area contributed by atoms with E-state index in [1.165, 1.54) is 0 Å². The van der Waals surface area contributed by atoms with E-state index in [1.807, 2.05) is 6.92 Å². The van der Waals surface area contributed by atoms with Crippen molar-refractivity contribution >= 4 is 10.0 Å². The van der Waals surface area contributed by atoms with Crippen LogP contribution in [0.3, 0.4) is 0 Å². The Morgan fingerprint density at radius 1 is 1.30 bits per heavy atom. The van der Waals surface area contributed by atoms with Crippen molar-refractivity contribution in [3.63, 3.8) is 0 Å². The van der Waals surface area contributed by atoms with Crippen molar-refractivity contribution in [1.29, 1.82) is 0 Å². The molecule has 1 aromatic heterocycles. The number of unbranched alkanes of at least 4 members (excludes halogenated alkanes) is 1. The van der Waals surface area contributed by atoms with Gasteiger partial charge >= 0.3 is 0 Å². The summed E-state index contributed by atoms with van der Waals surface area (Å²) < 4.78 is 26.7. The molecule has 1 rings (SSSR count). The molecule has 0 aliphatic heterocycles. The maximum absolute atomic E-state index is 12.0. The van der Waals surface area contributed by atoms with Crippen molar-refractivity contribution in [2.24, 2.45) is 0 Å². The van der Waals surface area contributed by atoms with E-state index in [9.17, 15) is 8.42 Å². The molecule has 0 aliphatic rings. The zero-order chi connectivity index (χ0) is 14.8. The molecule has 3 N–H and O–H groups in total. The van der Waals surface area contributed by atoms with Crippen LogP contribution in [-0.2, 0) is 10.0 Å². The predicted molar refractivity (Wildman–Crippen MR) is 80.9 cm³/mol. The zero-order valence-electron chi connectivity index (χ0n) is 12.4. The first-order valence-corrected chi connectivity index (χ1v) is 8.94. The van der Waals surface area contributed by atoms with Crippen LogP contribution in [-0.4, -0.2) is 37.2 Å². The third kappa shape index (κ3) is 6.49. The third-order valence-corrected chi connectivity index (χ3v) is 4.49. The SMILES string of the molecule is CCCNCCCCS(=O)(=O)NC(CC)c1ncc[nH]1. The molecule has 1 unspecified atom stereocenters. The molecule has 0 amide bonds. The molecule has 0 radical (unpaired) electrons. The number of nitrogens with one attached hydrogen (secondary N) is 3. The number of aromatic nitrogens is 2. The molecule has 0 aliphatic carbocycles. The summed E-state index contributed by atoms with van der Waals surface area (Å²) >= 11 is 0. The first-order chi connectivity index (χ1) is 9.59. The lowest BCUT2D eigenvalue weighted by Gasteiger charge is -2.15. The standard InChI is InChI=1S/C13H26N4O2S/c1-3-7-14-8-5-6-11-20(18,19)17-12(4-2)13-15-9-10-16-13/h9-10,12,14,17H,3-8,11H2,1-2H3,(H,15,16). The van der Waals surface area contributed by atoms with Gasteiger partial charge in [0.2, 0.25) is 10.0 Å². The lowest BCUT2D eigenvalue weighted by molar-refractivity contribution is 0.535. The molecular weight excluding hydrogens is 276 g/mol. The molecule has 0 spiro atoms. The lowest BCUT2D eigenvalue weighted by Crippen LogP contribution is -2.31. The minimum Gasteiger partial charge on any atom is -0.347 e. The highest BCUT2D eigenvalue weighted by Gasteiger charge is 2.19. The molecule has 1 atom stereocenters. The number of sulfonamides is 1. The van der Waals surface area contributed by atoms with Crippen LogP contribution in [0.2, 0.25) is 0 Å². The van der Waals surface area contributed by atoms with Crippen LogP contribution in [0, 0.1) is 0 Å². The van der Waals surface area contributed by atoms with Crippen molar-refractivity contribution in [3.8, 4) is 0 Å². The summed E-state index contributed by atoms with van der Waals surface area (Å²) in [5, 5.41) is 3.27. The van der Waals surface area contributed by atoms with Gasteiger partial charge in [-0.1, -0.05) is 13.8 Å². The van der Waals surface area contributed by atoms with Gasteiger partial charge in [0, 0.05) is 12.4 Å². The van der Waals surface area contributed by atoms with Gasteiger partial charge < -0.3 is 10.3 Å². The third-order valence-electron chi connectivity index (χ3n) is 3.02. The van der Waals surface area contributed by atoms with Crippen LogP contribution in [0.25, 0.3) is 0 Å². The van der Waals surface area contributed by atoms with Crippen molar-refractivity contribution in [2.75, 3.05) is 18.8 Å². The Morgan fingerprint density at radius 2 is 2.10 bits per heavy atom. The summed E-state index contributed by atoms with van der Waals surface area (Å²) in [5.41, 5.74) is 0. The van der Waals surface area contributed by atoms with Crippen LogP contribution in [0.4, 0.5) is 0 Å². The maximum Gasteiger partial charge on any atom is 0.212 e. The predicted octanol–water partition coefficient (Wildman–Crippen LogP) is 1.56. The summed E-state index contributed by atoms with van der Waals surface area (Å²) in [5.74, 6) is 0.832. The number of rotatable bonds is 11. The average molecular weight is 302 g/mol. The van der Waals surface area contributed by atoms with E-state index in [0.717, 1.165) is 25.9 Å². The lowest BCUT2D eigenvalue weighted by atomic mass is 10.2. The van der Waals surface area contributed by atoms with Crippen molar-refractivity contribution in [3.05, 3.63) is 18.2 Å². The molecule has 6 nitrogen and oxygen atoms in total. The van der Waals surface area contributed by atoms with E-state index in [2.05, 4.69) is 26.9 Å². The van der Waals surface area contributed by atoms with Gasteiger partial charge in [0.15, 0.2) is 0 Å². The highest BCUT2D eigenvalue weighted by atomic mass is 32.2.